The fraction of sp³-hybridized carbons (Fsp3) is 0.420. The van der Waals surface area contributed by atoms with Crippen molar-refractivity contribution in [1.82, 2.24) is 26.2 Å². The number of rotatable bonds is 21. The first-order valence-electron chi connectivity index (χ1n) is 21.5. The lowest BCUT2D eigenvalue weighted by atomic mass is 10.0. The Balaban J connectivity index is 1.47. The number of carbonyl (C=O) groups is 5. The maximum absolute atomic E-state index is 14.2. The zero-order valence-corrected chi connectivity index (χ0v) is 38.0. The largest absolute Gasteiger partial charge is 0.488 e. The number of esters is 1. The van der Waals surface area contributed by atoms with Crippen molar-refractivity contribution in [3.05, 3.63) is 131 Å². The highest BCUT2D eigenvalue weighted by molar-refractivity contribution is 5.93. The van der Waals surface area contributed by atoms with Crippen LogP contribution in [0.5, 0.6) is 5.75 Å². The van der Waals surface area contributed by atoms with Gasteiger partial charge in [0.05, 0.1) is 19.1 Å². The van der Waals surface area contributed by atoms with Crippen LogP contribution in [0.15, 0.2) is 109 Å². The quantitative estimate of drug-likeness (QED) is 0.0504. The monoisotopic (exact) mass is 862 g/mol. The smallest absolute Gasteiger partial charge is 0.329 e. The summed E-state index contributed by atoms with van der Waals surface area (Å²) in [6.45, 7) is 15.1. The molecule has 0 unspecified atom stereocenters. The molecule has 0 fully saturated rings. The molecule has 0 bridgehead atoms. The number of nitrogen functional groups attached to an aromatic ring is 1. The summed E-state index contributed by atoms with van der Waals surface area (Å²) < 4.78 is 11.6. The topological polar surface area (TPSA) is 181 Å². The van der Waals surface area contributed by atoms with Crippen LogP contribution in [-0.2, 0) is 54.6 Å². The van der Waals surface area contributed by atoms with E-state index in [-0.39, 0.29) is 23.8 Å². The molecule has 3 atom stereocenters. The molecule has 6 N–H and O–H groups in total. The maximum atomic E-state index is 14.2. The third-order valence-corrected chi connectivity index (χ3v) is 9.63. The summed E-state index contributed by atoms with van der Waals surface area (Å²) in [6.07, 6.45) is 0.746. The van der Waals surface area contributed by atoms with Gasteiger partial charge in [0.1, 0.15) is 29.0 Å². The average Bonchev–Trinajstić information content (AvgIpc) is 3.21. The summed E-state index contributed by atoms with van der Waals surface area (Å²) >= 11 is 0. The number of ether oxygens (including phenoxy) is 2. The van der Waals surface area contributed by atoms with E-state index >= 15 is 0 Å². The number of nitrogens with zero attached hydrogens (tertiary/aromatic N) is 1. The second kappa shape index (κ2) is 23.3. The normalized spacial score (nSPS) is 13.0. The minimum Gasteiger partial charge on any atom is -0.488 e. The van der Waals surface area contributed by atoms with Crippen molar-refractivity contribution in [3.8, 4) is 5.75 Å². The molecule has 4 aromatic carbocycles. The molecule has 0 spiro atoms. The second-order valence-electron chi connectivity index (χ2n) is 18.2. The SMILES string of the molecule is CC(C)C[C@H](NC(=O)[C@H](Cc1ccc(N)cc1)NC(=O)CNC(=O)CNC(=O)[C@H](Cc1ccc(OC(C)(C)C)cc1)N(Cc1ccccc1)Cc1ccccc1)C(=O)OC(C)(C)C. The van der Waals surface area contributed by atoms with Crippen molar-refractivity contribution in [1.29, 1.82) is 0 Å². The van der Waals surface area contributed by atoms with E-state index in [0.29, 0.717) is 42.9 Å². The van der Waals surface area contributed by atoms with Gasteiger partial charge < -0.3 is 36.5 Å². The molecule has 4 aromatic rings. The van der Waals surface area contributed by atoms with Crippen LogP contribution >= 0.6 is 0 Å². The van der Waals surface area contributed by atoms with Crippen molar-refractivity contribution in [2.45, 2.75) is 117 Å². The number of hydrogen-bond acceptors (Lipinski definition) is 9. The second-order valence-corrected chi connectivity index (χ2v) is 18.2. The Bertz CT molecular complexity index is 2040. The minimum atomic E-state index is -1.11. The standard InChI is InChI=1S/C50H66N6O7/c1-34(2)27-42(48(61)63-50(6,7)8)55-46(59)41(28-35-19-23-39(51)24-20-35)54-45(58)31-52-44(57)30-53-47(60)43(29-36-21-25-40(26-22-36)62-49(3,4)5)56(32-37-15-11-9-12-16-37)33-38-17-13-10-14-18-38/h9-26,34,41-43H,27-33,51H2,1-8H3,(H,52,57)(H,53,60)(H,54,58)(H,55,59)/t41-,42-,43-/m0/s1. The van der Waals surface area contributed by atoms with E-state index in [2.05, 4.69) is 26.2 Å². The Morgan fingerprint density at radius 1 is 0.587 bits per heavy atom. The third kappa shape index (κ3) is 18.4. The van der Waals surface area contributed by atoms with Crippen LogP contribution in [0.1, 0.15) is 84.1 Å². The average molecular weight is 863 g/mol. The number of nitrogens with one attached hydrogen (secondary N) is 4. The van der Waals surface area contributed by atoms with Gasteiger partial charge in [-0.2, -0.15) is 0 Å². The molecular formula is C50H66N6O7. The van der Waals surface area contributed by atoms with Crippen molar-refractivity contribution in [3.63, 3.8) is 0 Å². The lowest BCUT2D eigenvalue weighted by Gasteiger charge is -2.31. The van der Waals surface area contributed by atoms with Gasteiger partial charge in [-0.3, -0.25) is 24.1 Å². The lowest BCUT2D eigenvalue weighted by Crippen LogP contribution is -2.55. The molecule has 13 heteroatoms. The highest BCUT2D eigenvalue weighted by Crippen LogP contribution is 2.22. The van der Waals surface area contributed by atoms with Crippen LogP contribution in [0.2, 0.25) is 0 Å². The molecule has 13 nitrogen and oxygen atoms in total. The van der Waals surface area contributed by atoms with Gasteiger partial charge in [0.15, 0.2) is 0 Å². The molecule has 0 radical (unpaired) electrons. The Hall–Kier alpha value is -6.21. The van der Waals surface area contributed by atoms with Crippen LogP contribution in [0.25, 0.3) is 0 Å². The molecule has 4 amide bonds. The molecule has 0 saturated carbocycles. The molecule has 4 rings (SSSR count). The Labute approximate surface area is 372 Å². The van der Waals surface area contributed by atoms with E-state index in [9.17, 15) is 24.0 Å². The Kier molecular flexibility index (Phi) is 18.3. The van der Waals surface area contributed by atoms with Crippen LogP contribution in [0.4, 0.5) is 5.69 Å². The summed E-state index contributed by atoms with van der Waals surface area (Å²) in [4.78, 5) is 69.8. The van der Waals surface area contributed by atoms with E-state index in [1.165, 1.54) is 0 Å². The van der Waals surface area contributed by atoms with Gasteiger partial charge in [0.25, 0.3) is 0 Å². The number of amides is 4. The predicted molar refractivity (Wildman–Crippen MR) is 246 cm³/mol. The lowest BCUT2D eigenvalue weighted by molar-refractivity contribution is -0.159. The minimum absolute atomic E-state index is 0.0507. The van der Waals surface area contributed by atoms with E-state index in [4.69, 9.17) is 15.2 Å². The van der Waals surface area contributed by atoms with E-state index in [0.717, 1.165) is 16.7 Å². The van der Waals surface area contributed by atoms with E-state index < -0.39 is 60.5 Å². The third-order valence-electron chi connectivity index (χ3n) is 9.63. The molecule has 0 aliphatic rings. The van der Waals surface area contributed by atoms with Crippen LogP contribution in [0, 0.1) is 5.92 Å². The molecule has 338 valence electrons. The van der Waals surface area contributed by atoms with Crippen molar-refractivity contribution < 1.29 is 33.4 Å². The summed E-state index contributed by atoms with van der Waals surface area (Å²) in [5, 5.41) is 10.9. The van der Waals surface area contributed by atoms with Gasteiger partial charge in [-0.25, -0.2) is 4.79 Å². The Morgan fingerprint density at radius 3 is 1.63 bits per heavy atom. The zero-order valence-electron chi connectivity index (χ0n) is 38.0. The van der Waals surface area contributed by atoms with Crippen molar-refractivity contribution in [2.75, 3.05) is 18.8 Å². The molecule has 0 aliphatic heterocycles. The molecular weight excluding hydrogens is 797 g/mol. The highest BCUT2D eigenvalue weighted by Gasteiger charge is 2.31. The molecule has 63 heavy (non-hydrogen) atoms. The summed E-state index contributed by atoms with van der Waals surface area (Å²) in [7, 11) is 0. The van der Waals surface area contributed by atoms with E-state index in [1.54, 1.807) is 45.0 Å². The summed E-state index contributed by atoms with van der Waals surface area (Å²) in [6, 6.07) is 31.6. The van der Waals surface area contributed by atoms with Gasteiger partial charge in [-0.05, 0) is 107 Å². The Morgan fingerprint density at radius 2 is 1.11 bits per heavy atom. The molecule has 0 aromatic heterocycles. The van der Waals surface area contributed by atoms with Crippen LogP contribution in [-0.4, -0.2) is 76.9 Å². The van der Waals surface area contributed by atoms with Crippen molar-refractivity contribution in [2.24, 2.45) is 5.92 Å². The van der Waals surface area contributed by atoms with Gasteiger partial charge in [-0.15, -0.1) is 0 Å². The first-order valence-corrected chi connectivity index (χ1v) is 21.5. The first-order chi connectivity index (χ1) is 29.7. The summed E-state index contributed by atoms with van der Waals surface area (Å²) in [5.74, 6) is -2.01. The predicted octanol–water partition coefficient (Wildman–Crippen LogP) is 5.89. The fourth-order valence-electron chi connectivity index (χ4n) is 6.77. The number of benzene rings is 4. The highest BCUT2D eigenvalue weighted by atomic mass is 16.6. The van der Waals surface area contributed by atoms with Gasteiger partial charge in [0, 0.05) is 25.2 Å². The maximum Gasteiger partial charge on any atom is 0.329 e. The van der Waals surface area contributed by atoms with E-state index in [1.807, 2.05) is 120 Å². The van der Waals surface area contributed by atoms with Gasteiger partial charge in [-0.1, -0.05) is 98.8 Å². The van der Waals surface area contributed by atoms with Gasteiger partial charge in [0.2, 0.25) is 23.6 Å². The number of anilines is 1. The number of nitrogens with two attached hydrogens (primary N) is 1. The van der Waals surface area contributed by atoms with Gasteiger partial charge >= 0.3 is 5.97 Å². The fourth-order valence-corrected chi connectivity index (χ4v) is 6.77. The van der Waals surface area contributed by atoms with Crippen molar-refractivity contribution >= 4 is 35.3 Å². The number of hydrogen-bond donors (Lipinski definition) is 5. The molecule has 0 saturated heterocycles. The summed E-state index contributed by atoms with van der Waals surface area (Å²) in [5.41, 5.74) is 8.93. The zero-order chi connectivity index (χ0) is 46.2. The number of carbonyl (C=O) groups excluding carboxylic acids is 5. The van der Waals surface area contributed by atoms with Crippen LogP contribution < -0.4 is 31.7 Å². The first kappa shape index (κ1) is 49.4. The molecule has 0 aliphatic carbocycles. The molecule has 0 heterocycles. The van der Waals surface area contributed by atoms with Crippen LogP contribution in [0.3, 0.4) is 0 Å².